The van der Waals surface area contributed by atoms with Crippen molar-refractivity contribution >= 4 is 15.9 Å². The quantitative estimate of drug-likeness (QED) is 0.786. The molecule has 1 aromatic carbocycles. The molecule has 0 saturated heterocycles. The van der Waals surface area contributed by atoms with Crippen molar-refractivity contribution in [1.82, 2.24) is 10.3 Å². The first-order valence-corrected chi connectivity index (χ1v) is 8.46. The predicted octanol–water partition coefficient (Wildman–Crippen LogP) is 4.69. The third kappa shape index (κ3) is 4.39. The zero-order chi connectivity index (χ0) is 15.1. The molecule has 112 valence electrons. The third-order valence-corrected chi connectivity index (χ3v) is 4.43. The Hall–Kier alpha value is -1.19. The Morgan fingerprint density at radius 2 is 1.86 bits per heavy atom. The monoisotopic (exact) mass is 346 g/mol. The van der Waals surface area contributed by atoms with Gasteiger partial charge in [0.1, 0.15) is 0 Å². The van der Waals surface area contributed by atoms with E-state index in [1.165, 1.54) is 21.3 Å². The summed E-state index contributed by atoms with van der Waals surface area (Å²) in [4.78, 5) is 4.65. The lowest BCUT2D eigenvalue weighted by Crippen LogP contribution is -2.26. The average molecular weight is 347 g/mol. The number of aryl methyl sites for hydroxylation is 1. The molecule has 0 aliphatic rings. The van der Waals surface area contributed by atoms with Gasteiger partial charge in [-0.25, -0.2) is 0 Å². The first kappa shape index (κ1) is 16.2. The largest absolute Gasteiger partial charge is 0.308 e. The van der Waals surface area contributed by atoms with Crippen LogP contribution < -0.4 is 5.32 Å². The van der Waals surface area contributed by atoms with E-state index in [4.69, 9.17) is 0 Å². The maximum Gasteiger partial charge on any atom is 0.0608 e. The van der Waals surface area contributed by atoms with Crippen molar-refractivity contribution in [3.05, 3.63) is 63.9 Å². The molecule has 2 aromatic rings. The molecule has 0 aliphatic heterocycles. The third-order valence-electron chi connectivity index (χ3n) is 3.66. The number of hydrogen-bond donors (Lipinski definition) is 1. The highest BCUT2D eigenvalue weighted by molar-refractivity contribution is 9.10. The van der Waals surface area contributed by atoms with Gasteiger partial charge in [0, 0.05) is 10.7 Å². The minimum atomic E-state index is 0.264. The lowest BCUT2D eigenvalue weighted by Gasteiger charge is -2.21. The molecule has 1 aromatic heterocycles. The van der Waals surface area contributed by atoms with Crippen LogP contribution in [0.3, 0.4) is 0 Å². The van der Waals surface area contributed by atoms with Gasteiger partial charge in [-0.05, 0) is 49.1 Å². The number of pyridine rings is 1. The molecule has 0 aliphatic carbocycles. The Bertz CT molecular complexity index is 569. The minimum absolute atomic E-state index is 0.264. The highest BCUT2D eigenvalue weighted by Crippen LogP contribution is 2.25. The molecule has 1 unspecified atom stereocenters. The van der Waals surface area contributed by atoms with E-state index in [1.54, 1.807) is 0 Å². The Balaban J connectivity index is 2.28. The van der Waals surface area contributed by atoms with Crippen molar-refractivity contribution in [2.75, 3.05) is 6.54 Å². The summed E-state index contributed by atoms with van der Waals surface area (Å²) < 4.78 is 1.17. The summed E-state index contributed by atoms with van der Waals surface area (Å²) in [6.45, 7) is 5.40. The van der Waals surface area contributed by atoms with Crippen molar-refractivity contribution < 1.29 is 0 Å². The second-order valence-corrected chi connectivity index (χ2v) is 6.06. The Labute approximate surface area is 136 Å². The lowest BCUT2D eigenvalue weighted by molar-refractivity contribution is 0.513. The molecule has 1 atom stereocenters. The molecular weight excluding hydrogens is 324 g/mol. The molecule has 3 heteroatoms. The van der Waals surface area contributed by atoms with Gasteiger partial charge in [-0.2, -0.15) is 0 Å². The first-order chi connectivity index (χ1) is 10.3. The Morgan fingerprint density at radius 3 is 2.57 bits per heavy atom. The number of aromatic nitrogens is 1. The maximum absolute atomic E-state index is 4.65. The van der Waals surface area contributed by atoms with Crippen LogP contribution in [0.4, 0.5) is 0 Å². The lowest BCUT2D eigenvalue weighted by atomic mass is 9.98. The Kier molecular flexibility index (Phi) is 6.40. The molecule has 0 spiro atoms. The smallest absolute Gasteiger partial charge is 0.0608 e. The van der Waals surface area contributed by atoms with Gasteiger partial charge in [0.15, 0.2) is 0 Å². The van der Waals surface area contributed by atoms with Crippen LogP contribution in [0.25, 0.3) is 0 Å². The van der Waals surface area contributed by atoms with Crippen molar-refractivity contribution in [1.29, 1.82) is 0 Å². The van der Waals surface area contributed by atoms with Gasteiger partial charge < -0.3 is 5.32 Å². The van der Waals surface area contributed by atoms with Crippen LogP contribution in [0.1, 0.15) is 43.1 Å². The van der Waals surface area contributed by atoms with Gasteiger partial charge in [0.05, 0.1) is 11.7 Å². The van der Waals surface area contributed by atoms with Crippen LogP contribution in [0.5, 0.6) is 0 Å². The first-order valence-electron chi connectivity index (χ1n) is 7.66. The van der Waals surface area contributed by atoms with Gasteiger partial charge in [-0.3, -0.25) is 4.98 Å². The summed E-state index contributed by atoms with van der Waals surface area (Å²) in [5.74, 6) is 0. The Morgan fingerprint density at radius 1 is 1.10 bits per heavy atom. The van der Waals surface area contributed by atoms with E-state index in [0.29, 0.717) is 0 Å². The average Bonchev–Trinajstić information content (AvgIpc) is 2.53. The standard InChI is InChI=1S/C18H23BrN2/c1-3-11-20-17(13-15-8-5-6-10-16(15)19)18-14(4-2)9-7-12-21-18/h5-10,12,17,20H,3-4,11,13H2,1-2H3. The van der Waals surface area contributed by atoms with E-state index in [-0.39, 0.29) is 6.04 Å². The highest BCUT2D eigenvalue weighted by atomic mass is 79.9. The minimum Gasteiger partial charge on any atom is -0.308 e. The highest BCUT2D eigenvalue weighted by Gasteiger charge is 2.17. The SMILES string of the molecule is CCCNC(Cc1ccccc1Br)c1ncccc1CC. The number of rotatable bonds is 7. The molecular formula is C18H23BrN2. The van der Waals surface area contributed by atoms with E-state index in [2.05, 4.69) is 70.4 Å². The number of hydrogen-bond acceptors (Lipinski definition) is 2. The molecule has 0 saturated carbocycles. The van der Waals surface area contributed by atoms with Crippen LogP contribution in [-0.2, 0) is 12.8 Å². The fourth-order valence-electron chi connectivity index (χ4n) is 2.53. The van der Waals surface area contributed by atoms with E-state index in [9.17, 15) is 0 Å². The number of halogens is 1. The predicted molar refractivity (Wildman–Crippen MR) is 92.5 cm³/mol. The van der Waals surface area contributed by atoms with Crippen LogP contribution >= 0.6 is 15.9 Å². The molecule has 2 rings (SSSR count). The topological polar surface area (TPSA) is 24.9 Å². The zero-order valence-corrected chi connectivity index (χ0v) is 14.4. The van der Waals surface area contributed by atoms with Crippen LogP contribution in [0, 0.1) is 0 Å². The zero-order valence-electron chi connectivity index (χ0n) is 12.8. The number of nitrogens with one attached hydrogen (secondary N) is 1. The number of benzene rings is 1. The summed E-state index contributed by atoms with van der Waals surface area (Å²) in [7, 11) is 0. The van der Waals surface area contributed by atoms with Crippen LogP contribution in [0.15, 0.2) is 47.1 Å². The second-order valence-electron chi connectivity index (χ2n) is 5.20. The van der Waals surface area contributed by atoms with Gasteiger partial charge in [-0.15, -0.1) is 0 Å². The molecule has 0 fully saturated rings. The van der Waals surface area contributed by atoms with Gasteiger partial charge in [-0.1, -0.05) is 54.0 Å². The second kappa shape index (κ2) is 8.30. The van der Waals surface area contributed by atoms with Gasteiger partial charge in [0.2, 0.25) is 0 Å². The fourth-order valence-corrected chi connectivity index (χ4v) is 2.98. The van der Waals surface area contributed by atoms with E-state index >= 15 is 0 Å². The summed E-state index contributed by atoms with van der Waals surface area (Å²) in [6.07, 6.45) is 4.99. The molecule has 0 radical (unpaired) electrons. The maximum atomic E-state index is 4.65. The van der Waals surface area contributed by atoms with Gasteiger partial charge in [0.25, 0.3) is 0 Å². The fraction of sp³-hybridized carbons (Fsp3) is 0.389. The number of nitrogens with zero attached hydrogens (tertiary/aromatic N) is 1. The van der Waals surface area contributed by atoms with Crippen molar-refractivity contribution in [3.63, 3.8) is 0 Å². The van der Waals surface area contributed by atoms with E-state index < -0.39 is 0 Å². The summed E-state index contributed by atoms with van der Waals surface area (Å²) in [5, 5.41) is 3.65. The molecule has 1 heterocycles. The molecule has 21 heavy (non-hydrogen) atoms. The molecule has 2 nitrogen and oxygen atoms in total. The summed E-state index contributed by atoms with van der Waals surface area (Å²) >= 11 is 3.65. The normalized spacial score (nSPS) is 12.3. The summed E-state index contributed by atoms with van der Waals surface area (Å²) in [6, 6.07) is 12.9. The van der Waals surface area contributed by atoms with E-state index in [1.807, 2.05) is 12.3 Å². The van der Waals surface area contributed by atoms with Crippen LogP contribution in [-0.4, -0.2) is 11.5 Å². The molecule has 0 bridgehead atoms. The van der Waals surface area contributed by atoms with Crippen molar-refractivity contribution in [2.45, 2.75) is 39.2 Å². The van der Waals surface area contributed by atoms with Gasteiger partial charge >= 0.3 is 0 Å². The van der Waals surface area contributed by atoms with E-state index in [0.717, 1.165) is 25.8 Å². The molecule has 0 amide bonds. The summed E-state index contributed by atoms with van der Waals surface area (Å²) in [5.41, 5.74) is 3.83. The van der Waals surface area contributed by atoms with Crippen LogP contribution in [0.2, 0.25) is 0 Å². The molecule has 1 N–H and O–H groups in total. The van der Waals surface area contributed by atoms with Crippen molar-refractivity contribution in [3.8, 4) is 0 Å². The van der Waals surface area contributed by atoms with Crippen molar-refractivity contribution in [2.24, 2.45) is 0 Å².